The van der Waals surface area contributed by atoms with Gasteiger partial charge in [0.1, 0.15) is 0 Å². The van der Waals surface area contributed by atoms with E-state index in [9.17, 15) is 0 Å². The summed E-state index contributed by atoms with van der Waals surface area (Å²) in [6.07, 6.45) is 5.78. The molecule has 0 radical (unpaired) electrons. The minimum Gasteiger partial charge on any atom is -0.241 e. The monoisotopic (exact) mass is 212 g/mol. The molecule has 2 heteroatoms. The molecule has 1 fully saturated rings. The predicted molar refractivity (Wildman–Crippen MR) is 64.9 cm³/mol. The van der Waals surface area contributed by atoms with E-state index < -0.39 is 0 Å². The lowest BCUT2D eigenvalue weighted by atomic mass is 10.1. The quantitative estimate of drug-likeness (QED) is 0.763. The zero-order valence-electron chi connectivity index (χ0n) is 9.56. The molecule has 1 aromatic carbocycles. The highest BCUT2D eigenvalue weighted by Gasteiger charge is 2.25. The zero-order valence-corrected chi connectivity index (χ0v) is 9.56. The third kappa shape index (κ3) is 1.75. The standard InChI is InChI=1S/C14H16N2/c1-2-11-3-7-13(8-4-11)16-10-9-14(15-16)12-5-6-12/h3-4,7-10,12H,2,5-6H2,1H3. The van der Waals surface area contributed by atoms with Crippen LogP contribution in [0.5, 0.6) is 0 Å². The molecule has 0 amide bonds. The average Bonchev–Trinajstić information content (AvgIpc) is 3.08. The van der Waals surface area contributed by atoms with E-state index in [2.05, 4.69) is 48.6 Å². The van der Waals surface area contributed by atoms with Gasteiger partial charge >= 0.3 is 0 Å². The predicted octanol–water partition coefficient (Wildman–Crippen LogP) is 3.31. The average molecular weight is 212 g/mol. The first-order valence-corrected chi connectivity index (χ1v) is 6.01. The molecule has 0 N–H and O–H groups in total. The molecular formula is C14H16N2. The molecule has 1 aromatic heterocycles. The van der Waals surface area contributed by atoms with Crippen LogP contribution in [0.15, 0.2) is 36.5 Å². The van der Waals surface area contributed by atoms with E-state index in [1.165, 1.54) is 24.1 Å². The van der Waals surface area contributed by atoms with Gasteiger partial charge in [-0.2, -0.15) is 5.10 Å². The highest BCUT2D eigenvalue weighted by Crippen LogP contribution is 2.38. The summed E-state index contributed by atoms with van der Waals surface area (Å²) in [5.74, 6) is 0.733. The Labute approximate surface area is 95.9 Å². The van der Waals surface area contributed by atoms with Crippen LogP contribution in [0.1, 0.15) is 36.9 Å². The molecule has 2 nitrogen and oxygen atoms in total. The van der Waals surface area contributed by atoms with E-state index >= 15 is 0 Å². The maximum Gasteiger partial charge on any atom is 0.0659 e. The Bertz CT molecular complexity index is 478. The third-order valence-corrected chi connectivity index (χ3v) is 3.21. The summed E-state index contributed by atoms with van der Waals surface area (Å²) in [4.78, 5) is 0. The van der Waals surface area contributed by atoms with E-state index in [4.69, 9.17) is 0 Å². The first-order chi connectivity index (χ1) is 7.86. The second kappa shape index (κ2) is 3.78. The first-order valence-electron chi connectivity index (χ1n) is 6.01. The van der Waals surface area contributed by atoms with Crippen LogP contribution >= 0.6 is 0 Å². The van der Waals surface area contributed by atoms with Crippen molar-refractivity contribution in [3.8, 4) is 5.69 Å². The van der Waals surface area contributed by atoms with Crippen LogP contribution in [-0.2, 0) is 6.42 Å². The Balaban J connectivity index is 1.88. The minimum absolute atomic E-state index is 0.733. The molecule has 0 bridgehead atoms. The van der Waals surface area contributed by atoms with Crippen LogP contribution in [0.3, 0.4) is 0 Å². The summed E-state index contributed by atoms with van der Waals surface area (Å²) < 4.78 is 1.98. The lowest BCUT2D eigenvalue weighted by molar-refractivity contribution is 0.836. The Morgan fingerprint density at radius 1 is 1.19 bits per heavy atom. The third-order valence-electron chi connectivity index (χ3n) is 3.21. The van der Waals surface area contributed by atoms with Crippen molar-refractivity contribution in [1.29, 1.82) is 0 Å². The van der Waals surface area contributed by atoms with Crippen molar-refractivity contribution in [1.82, 2.24) is 9.78 Å². The van der Waals surface area contributed by atoms with Crippen LogP contribution in [0.25, 0.3) is 5.69 Å². The van der Waals surface area contributed by atoms with E-state index in [-0.39, 0.29) is 0 Å². The number of aryl methyl sites for hydroxylation is 1. The maximum absolute atomic E-state index is 4.61. The SMILES string of the molecule is CCc1ccc(-n2ccc(C3CC3)n2)cc1. The number of aromatic nitrogens is 2. The molecule has 0 aliphatic heterocycles. The smallest absolute Gasteiger partial charge is 0.0659 e. The second-order valence-corrected chi connectivity index (χ2v) is 4.48. The van der Waals surface area contributed by atoms with Crippen LogP contribution < -0.4 is 0 Å². The van der Waals surface area contributed by atoms with Crippen molar-refractivity contribution < 1.29 is 0 Å². The van der Waals surface area contributed by atoms with Gasteiger partial charge in [0, 0.05) is 12.1 Å². The Morgan fingerprint density at radius 3 is 2.56 bits per heavy atom. The van der Waals surface area contributed by atoms with Gasteiger partial charge in [0.25, 0.3) is 0 Å². The van der Waals surface area contributed by atoms with Crippen molar-refractivity contribution >= 4 is 0 Å². The van der Waals surface area contributed by atoms with E-state index in [0.717, 1.165) is 18.0 Å². The molecular weight excluding hydrogens is 196 g/mol. The molecule has 0 spiro atoms. The first kappa shape index (κ1) is 9.64. The van der Waals surface area contributed by atoms with Gasteiger partial charge in [-0.1, -0.05) is 19.1 Å². The lowest BCUT2D eigenvalue weighted by Gasteiger charge is -2.02. The van der Waals surface area contributed by atoms with Gasteiger partial charge in [-0.3, -0.25) is 0 Å². The van der Waals surface area contributed by atoms with Crippen LogP contribution in [0.2, 0.25) is 0 Å². The Morgan fingerprint density at radius 2 is 1.94 bits per heavy atom. The fourth-order valence-corrected chi connectivity index (χ4v) is 1.96. The maximum atomic E-state index is 4.61. The van der Waals surface area contributed by atoms with E-state index in [0.29, 0.717) is 0 Å². The molecule has 3 rings (SSSR count). The number of hydrogen-bond acceptors (Lipinski definition) is 1. The van der Waals surface area contributed by atoms with Gasteiger partial charge in [0.05, 0.1) is 11.4 Å². The fraction of sp³-hybridized carbons (Fsp3) is 0.357. The van der Waals surface area contributed by atoms with Crippen molar-refractivity contribution in [2.24, 2.45) is 0 Å². The van der Waals surface area contributed by atoms with Crippen molar-refractivity contribution in [3.63, 3.8) is 0 Å². The summed E-state index contributed by atoms with van der Waals surface area (Å²) in [6.45, 7) is 2.17. The molecule has 2 aromatic rings. The molecule has 1 aliphatic carbocycles. The molecule has 1 heterocycles. The summed E-state index contributed by atoms with van der Waals surface area (Å²) >= 11 is 0. The number of benzene rings is 1. The van der Waals surface area contributed by atoms with Crippen LogP contribution in [-0.4, -0.2) is 9.78 Å². The van der Waals surface area contributed by atoms with Gasteiger partial charge in [-0.25, -0.2) is 4.68 Å². The largest absolute Gasteiger partial charge is 0.241 e. The highest BCUT2D eigenvalue weighted by molar-refractivity contribution is 5.34. The Kier molecular flexibility index (Phi) is 2.28. The normalized spacial score (nSPS) is 15.3. The van der Waals surface area contributed by atoms with Crippen molar-refractivity contribution in [3.05, 3.63) is 47.8 Å². The minimum atomic E-state index is 0.733. The highest BCUT2D eigenvalue weighted by atomic mass is 15.3. The summed E-state index contributed by atoms with van der Waals surface area (Å²) in [5, 5.41) is 4.61. The number of nitrogens with zero attached hydrogens (tertiary/aromatic N) is 2. The van der Waals surface area contributed by atoms with Gasteiger partial charge in [0.2, 0.25) is 0 Å². The zero-order chi connectivity index (χ0) is 11.0. The van der Waals surface area contributed by atoms with E-state index in [1.807, 2.05) is 4.68 Å². The van der Waals surface area contributed by atoms with Crippen LogP contribution in [0, 0.1) is 0 Å². The van der Waals surface area contributed by atoms with E-state index in [1.54, 1.807) is 0 Å². The molecule has 1 aliphatic rings. The van der Waals surface area contributed by atoms with Gasteiger partial charge in [-0.15, -0.1) is 0 Å². The fourth-order valence-electron chi connectivity index (χ4n) is 1.96. The Hall–Kier alpha value is -1.57. The molecule has 1 saturated carbocycles. The topological polar surface area (TPSA) is 17.8 Å². The number of rotatable bonds is 3. The molecule has 0 atom stereocenters. The lowest BCUT2D eigenvalue weighted by Crippen LogP contribution is -1.95. The molecule has 82 valence electrons. The molecule has 16 heavy (non-hydrogen) atoms. The van der Waals surface area contributed by atoms with Crippen molar-refractivity contribution in [2.75, 3.05) is 0 Å². The molecule has 0 saturated heterocycles. The van der Waals surface area contributed by atoms with Gasteiger partial charge < -0.3 is 0 Å². The van der Waals surface area contributed by atoms with Gasteiger partial charge in [-0.05, 0) is 43.0 Å². The summed E-state index contributed by atoms with van der Waals surface area (Å²) in [6, 6.07) is 10.8. The summed E-state index contributed by atoms with van der Waals surface area (Å²) in [7, 11) is 0. The number of hydrogen-bond donors (Lipinski definition) is 0. The van der Waals surface area contributed by atoms with Gasteiger partial charge in [0.15, 0.2) is 0 Å². The second-order valence-electron chi connectivity index (χ2n) is 4.48. The summed E-state index contributed by atoms with van der Waals surface area (Å²) in [5.41, 5.74) is 3.78. The molecule has 0 unspecified atom stereocenters. The van der Waals surface area contributed by atoms with Crippen LogP contribution in [0.4, 0.5) is 0 Å². The van der Waals surface area contributed by atoms with Crippen molar-refractivity contribution in [2.45, 2.75) is 32.1 Å².